The number of nitrogens with one attached hydrogen (secondary N) is 1. The van der Waals surface area contributed by atoms with Crippen LogP contribution in [0.4, 0.5) is 0 Å². The van der Waals surface area contributed by atoms with Gasteiger partial charge in [0.15, 0.2) is 5.96 Å². The van der Waals surface area contributed by atoms with Crippen molar-refractivity contribution in [1.82, 2.24) is 10.2 Å². The number of likely N-dealkylation sites (tertiary alicyclic amines) is 1. The lowest BCUT2D eigenvalue weighted by atomic mass is 9.97. The van der Waals surface area contributed by atoms with Crippen molar-refractivity contribution in [3.05, 3.63) is 34.9 Å². The van der Waals surface area contributed by atoms with Gasteiger partial charge in [0.05, 0.1) is 12.5 Å². The smallest absolute Gasteiger partial charge is 0.309 e. The summed E-state index contributed by atoms with van der Waals surface area (Å²) in [6.45, 7) is 12.0. The minimum Gasteiger partial charge on any atom is -0.466 e. The molecule has 0 aliphatic carbocycles. The zero-order chi connectivity index (χ0) is 18.9. The number of guanidine groups is 1. The van der Waals surface area contributed by atoms with E-state index in [0.717, 1.165) is 51.4 Å². The molecule has 1 fully saturated rings. The first-order valence-electron chi connectivity index (χ1n) is 9.80. The van der Waals surface area contributed by atoms with E-state index in [1.807, 2.05) is 6.92 Å². The first-order valence-corrected chi connectivity index (χ1v) is 9.80. The molecule has 0 saturated carbocycles. The summed E-state index contributed by atoms with van der Waals surface area (Å²) in [7, 11) is 0. The third-order valence-corrected chi connectivity index (χ3v) is 4.69. The number of piperidine rings is 1. The van der Waals surface area contributed by atoms with Crippen molar-refractivity contribution in [3.8, 4) is 0 Å². The maximum atomic E-state index is 11.9. The molecular formula is C21H33N3O2. The fourth-order valence-electron chi connectivity index (χ4n) is 3.52. The molecule has 0 spiro atoms. The molecule has 5 heteroatoms. The molecule has 0 atom stereocenters. The van der Waals surface area contributed by atoms with Gasteiger partial charge in [-0.05, 0) is 52.5 Å². The Morgan fingerprint density at radius 2 is 1.85 bits per heavy atom. The molecule has 0 aromatic heterocycles. The Bertz CT molecular complexity index is 599. The highest BCUT2D eigenvalue weighted by atomic mass is 16.5. The Balaban J connectivity index is 1.91. The number of hydrogen-bond donors (Lipinski definition) is 1. The molecule has 1 aromatic rings. The summed E-state index contributed by atoms with van der Waals surface area (Å²) >= 11 is 0. The average Bonchev–Trinajstić information content (AvgIpc) is 2.60. The molecule has 1 saturated heterocycles. The number of esters is 1. The van der Waals surface area contributed by atoms with Crippen molar-refractivity contribution in [3.63, 3.8) is 0 Å². The van der Waals surface area contributed by atoms with Gasteiger partial charge in [0.1, 0.15) is 0 Å². The summed E-state index contributed by atoms with van der Waals surface area (Å²) in [5.41, 5.74) is 3.94. The number of ether oxygens (including phenoxy) is 1. The van der Waals surface area contributed by atoms with E-state index in [1.54, 1.807) is 0 Å². The minimum atomic E-state index is -0.0519. The van der Waals surface area contributed by atoms with Crippen LogP contribution in [-0.2, 0) is 16.0 Å². The largest absolute Gasteiger partial charge is 0.466 e. The van der Waals surface area contributed by atoms with E-state index in [2.05, 4.69) is 49.2 Å². The monoisotopic (exact) mass is 359 g/mol. The van der Waals surface area contributed by atoms with Gasteiger partial charge in [-0.3, -0.25) is 9.79 Å². The molecule has 5 nitrogen and oxygen atoms in total. The lowest BCUT2D eigenvalue weighted by molar-refractivity contribution is -0.149. The molecule has 0 amide bonds. The second kappa shape index (κ2) is 10.2. The summed E-state index contributed by atoms with van der Waals surface area (Å²) in [6.07, 6.45) is 2.61. The van der Waals surface area contributed by atoms with E-state index in [4.69, 9.17) is 9.73 Å². The quantitative estimate of drug-likeness (QED) is 0.482. The number of carbonyl (C=O) groups is 1. The van der Waals surface area contributed by atoms with Crippen molar-refractivity contribution in [2.24, 2.45) is 10.9 Å². The van der Waals surface area contributed by atoms with Crippen molar-refractivity contribution in [1.29, 1.82) is 0 Å². The van der Waals surface area contributed by atoms with Gasteiger partial charge >= 0.3 is 5.97 Å². The number of aryl methyl sites for hydroxylation is 2. The van der Waals surface area contributed by atoms with Crippen LogP contribution in [0.3, 0.4) is 0 Å². The number of aliphatic imine (C=N–C) groups is 1. The predicted molar refractivity (Wildman–Crippen MR) is 107 cm³/mol. The summed E-state index contributed by atoms with van der Waals surface area (Å²) in [6, 6.07) is 6.67. The van der Waals surface area contributed by atoms with Gasteiger partial charge in [-0.25, -0.2) is 0 Å². The van der Waals surface area contributed by atoms with Crippen LogP contribution < -0.4 is 5.32 Å². The van der Waals surface area contributed by atoms with E-state index in [1.165, 1.54) is 16.7 Å². The van der Waals surface area contributed by atoms with Crippen LogP contribution in [0, 0.1) is 19.8 Å². The molecule has 2 rings (SSSR count). The number of benzene rings is 1. The van der Waals surface area contributed by atoms with E-state index in [0.29, 0.717) is 6.61 Å². The Hall–Kier alpha value is -2.04. The predicted octanol–water partition coefficient (Wildman–Crippen LogP) is 3.09. The highest BCUT2D eigenvalue weighted by molar-refractivity contribution is 5.80. The molecule has 1 heterocycles. The van der Waals surface area contributed by atoms with Crippen LogP contribution in [0.15, 0.2) is 23.2 Å². The molecule has 0 radical (unpaired) electrons. The van der Waals surface area contributed by atoms with E-state index >= 15 is 0 Å². The Morgan fingerprint density at radius 1 is 1.19 bits per heavy atom. The SMILES string of the molecule is CCNC(=NCCc1cc(C)cc(C)c1)N1CCC(C(=O)OCC)CC1. The summed E-state index contributed by atoms with van der Waals surface area (Å²) in [4.78, 5) is 19.0. The highest BCUT2D eigenvalue weighted by Gasteiger charge is 2.27. The van der Waals surface area contributed by atoms with Crippen molar-refractivity contribution in [2.75, 3.05) is 32.8 Å². The standard InChI is InChI=1S/C21H33N3O2/c1-5-22-21(23-10-7-18-14-16(3)13-17(4)15-18)24-11-8-19(9-12-24)20(25)26-6-2/h13-15,19H,5-12H2,1-4H3,(H,22,23). The zero-order valence-electron chi connectivity index (χ0n) is 16.7. The molecule has 0 bridgehead atoms. The Labute approximate surface area is 157 Å². The van der Waals surface area contributed by atoms with Gasteiger partial charge in [0.2, 0.25) is 0 Å². The maximum absolute atomic E-state index is 11.9. The fourth-order valence-corrected chi connectivity index (χ4v) is 3.52. The summed E-state index contributed by atoms with van der Waals surface area (Å²) < 4.78 is 5.15. The van der Waals surface area contributed by atoms with Crippen molar-refractivity contribution in [2.45, 2.75) is 47.0 Å². The fraction of sp³-hybridized carbons (Fsp3) is 0.619. The van der Waals surface area contributed by atoms with Crippen LogP contribution in [0.1, 0.15) is 43.4 Å². The third kappa shape index (κ3) is 6.04. The average molecular weight is 360 g/mol. The second-order valence-corrected chi connectivity index (χ2v) is 6.99. The lowest BCUT2D eigenvalue weighted by Crippen LogP contribution is -2.46. The Kier molecular flexibility index (Phi) is 7.95. The molecule has 26 heavy (non-hydrogen) atoms. The molecule has 144 valence electrons. The summed E-state index contributed by atoms with van der Waals surface area (Å²) in [5.74, 6) is 0.937. The lowest BCUT2D eigenvalue weighted by Gasteiger charge is -2.33. The van der Waals surface area contributed by atoms with Crippen LogP contribution >= 0.6 is 0 Å². The number of nitrogens with zero attached hydrogens (tertiary/aromatic N) is 2. The van der Waals surface area contributed by atoms with Crippen LogP contribution in [0.25, 0.3) is 0 Å². The molecule has 1 aliphatic heterocycles. The number of carbonyl (C=O) groups excluding carboxylic acids is 1. The van der Waals surface area contributed by atoms with E-state index in [9.17, 15) is 4.79 Å². The number of rotatable bonds is 6. The molecule has 1 aliphatic rings. The maximum Gasteiger partial charge on any atom is 0.309 e. The van der Waals surface area contributed by atoms with Crippen LogP contribution in [0.2, 0.25) is 0 Å². The molecule has 1 N–H and O–H groups in total. The van der Waals surface area contributed by atoms with E-state index in [-0.39, 0.29) is 11.9 Å². The van der Waals surface area contributed by atoms with Crippen LogP contribution in [-0.4, -0.2) is 49.6 Å². The van der Waals surface area contributed by atoms with Crippen LogP contribution in [0.5, 0.6) is 0 Å². The second-order valence-electron chi connectivity index (χ2n) is 6.99. The van der Waals surface area contributed by atoms with E-state index < -0.39 is 0 Å². The van der Waals surface area contributed by atoms with Crippen molar-refractivity contribution >= 4 is 11.9 Å². The van der Waals surface area contributed by atoms with Gasteiger partial charge < -0.3 is 15.0 Å². The molecular weight excluding hydrogens is 326 g/mol. The first kappa shape index (κ1) is 20.3. The van der Waals surface area contributed by atoms with Gasteiger partial charge in [-0.1, -0.05) is 29.3 Å². The Morgan fingerprint density at radius 3 is 2.42 bits per heavy atom. The minimum absolute atomic E-state index is 0.0318. The highest BCUT2D eigenvalue weighted by Crippen LogP contribution is 2.19. The zero-order valence-corrected chi connectivity index (χ0v) is 16.7. The van der Waals surface area contributed by atoms with Gasteiger partial charge in [0, 0.05) is 26.2 Å². The molecule has 0 unspecified atom stereocenters. The normalized spacial score (nSPS) is 15.8. The van der Waals surface area contributed by atoms with Gasteiger partial charge in [-0.15, -0.1) is 0 Å². The first-order chi connectivity index (χ1) is 12.5. The van der Waals surface area contributed by atoms with Gasteiger partial charge in [-0.2, -0.15) is 0 Å². The number of hydrogen-bond acceptors (Lipinski definition) is 3. The topological polar surface area (TPSA) is 53.9 Å². The third-order valence-electron chi connectivity index (χ3n) is 4.69. The summed E-state index contributed by atoms with van der Waals surface area (Å²) in [5, 5.41) is 3.39. The van der Waals surface area contributed by atoms with Crippen molar-refractivity contribution < 1.29 is 9.53 Å². The van der Waals surface area contributed by atoms with Gasteiger partial charge in [0.25, 0.3) is 0 Å². The molecule has 1 aromatic carbocycles.